The Morgan fingerprint density at radius 2 is 1.90 bits per heavy atom. The molecule has 2 bridgehead atoms. The molecule has 2 aliphatic heterocycles. The fourth-order valence-electron chi connectivity index (χ4n) is 3.68. The van der Waals surface area contributed by atoms with Crippen LogP contribution in [0, 0.1) is 5.92 Å². The molecular weight excluding hydrogens is 394 g/mol. The van der Waals surface area contributed by atoms with Gasteiger partial charge in [-0.3, -0.25) is 9.63 Å². The molecule has 1 amide bonds. The molecule has 152 valence electrons. The molecular formula is C21H21NO6S. The number of fused-ring (bicyclic) bond motifs is 2. The van der Waals surface area contributed by atoms with Gasteiger partial charge in [-0.25, -0.2) is 13.9 Å². The van der Waals surface area contributed by atoms with E-state index in [4.69, 9.17) is 14.3 Å². The molecule has 0 aliphatic carbocycles. The zero-order valence-electron chi connectivity index (χ0n) is 15.8. The Hall–Kier alpha value is -2.68. The number of sulfone groups is 1. The number of ether oxygens (including phenoxy) is 2. The summed E-state index contributed by atoms with van der Waals surface area (Å²) in [6.07, 6.45) is 3.01. The summed E-state index contributed by atoms with van der Waals surface area (Å²) in [5, 5.41) is 0. The second kappa shape index (κ2) is 7.62. The Kier molecular flexibility index (Phi) is 5.16. The average molecular weight is 415 g/mol. The predicted molar refractivity (Wildman–Crippen MR) is 104 cm³/mol. The summed E-state index contributed by atoms with van der Waals surface area (Å²) >= 11 is 0. The van der Waals surface area contributed by atoms with Crippen LogP contribution in [0.5, 0.6) is 5.75 Å². The van der Waals surface area contributed by atoms with Gasteiger partial charge in [-0.15, -0.1) is 0 Å². The van der Waals surface area contributed by atoms with E-state index in [1.54, 1.807) is 18.2 Å². The summed E-state index contributed by atoms with van der Waals surface area (Å²) in [7, 11) is -2.48. The molecule has 2 heterocycles. The van der Waals surface area contributed by atoms with Crippen LogP contribution < -0.4 is 10.2 Å². The number of amides is 1. The minimum absolute atomic E-state index is 0.0634. The third-order valence-electron chi connectivity index (χ3n) is 5.19. The first-order chi connectivity index (χ1) is 14.0. The van der Waals surface area contributed by atoms with Gasteiger partial charge in [0.05, 0.1) is 30.6 Å². The predicted octanol–water partition coefficient (Wildman–Crippen LogP) is 2.39. The van der Waals surface area contributed by atoms with E-state index in [1.807, 2.05) is 30.3 Å². The van der Waals surface area contributed by atoms with Gasteiger partial charge >= 0.3 is 0 Å². The van der Waals surface area contributed by atoms with Gasteiger partial charge < -0.3 is 9.47 Å². The van der Waals surface area contributed by atoms with Crippen LogP contribution in [0.1, 0.15) is 12.0 Å². The quantitative estimate of drug-likeness (QED) is 0.552. The van der Waals surface area contributed by atoms with Crippen molar-refractivity contribution in [1.82, 2.24) is 5.48 Å². The summed E-state index contributed by atoms with van der Waals surface area (Å²) in [6, 6.07) is 15.4. The van der Waals surface area contributed by atoms with Crippen molar-refractivity contribution >= 4 is 15.7 Å². The maximum atomic E-state index is 13.4. The maximum absolute atomic E-state index is 13.4. The molecule has 0 aromatic heterocycles. The van der Waals surface area contributed by atoms with E-state index in [0.29, 0.717) is 5.75 Å². The van der Waals surface area contributed by atoms with Crippen LogP contribution in [0.4, 0.5) is 0 Å². The molecule has 1 saturated heterocycles. The molecule has 0 spiro atoms. The SMILES string of the molecule is COc1ccc(S(=O)(=O)C23C=CC(CC2C(=O)NOCc2ccccc2)O3)cc1. The van der Waals surface area contributed by atoms with Gasteiger partial charge in [0.1, 0.15) is 5.75 Å². The molecule has 8 heteroatoms. The molecule has 2 aromatic rings. The fraction of sp³-hybridized carbons (Fsp3) is 0.286. The molecule has 0 radical (unpaired) electrons. The fourth-order valence-corrected chi connectivity index (χ4v) is 5.63. The van der Waals surface area contributed by atoms with Gasteiger partial charge in [-0.05, 0) is 42.3 Å². The Labute approximate surface area is 169 Å². The lowest BCUT2D eigenvalue weighted by molar-refractivity contribution is -0.140. The van der Waals surface area contributed by atoms with E-state index in [-0.39, 0.29) is 17.9 Å². The van der Waals surface area contributed by atoms with Gasteiger partial charge in [-0.1, -0.05) is 36.4 Å². The van der Waals surface area contributed by atoms with Crippen molar-refractivity contribution in [3.63, 3.8) is 0 Å². The molecule has 1 fully saturated rings. The number of benzene rings is 2. The van der Waals surface area contributed by atoms with Crippen LogP contribution in [-0.4, -0.2) is 32.5 Å². The van der Waals surface area contributed by atoms with Crippen molar-refractivity contribution in [2.45, 2.75) is 29.0 Å². The van der Waals surface area contributed by atoms with Crippen LogP contribution >= 0.6 is 0 Å². The number of carbonyl (C=O) groups is 1. The second-order valence-electron chi connectivity index (χ2n) is 6.94. The smallest absolute Gasteiger partial charge is 0.251 e. The average Bonchev–Trinajstić information content (AvgIpc) is 3.35. The molecule has 4 rings (SSSR count). The van der Waals surface area contributed by atoms with Crippen molar-refractivity contribution < 1.29 is 27.5 Å². The molecule has 7 nitrogen and oxygen atoms in total. The standard InChI is InChI=1S/C21H21NO6S/c1-26-16-7-9-18(10-8-16)29(24,25)21-12-11-17(28-21)13-19(21)20(23)22-27-14-15-5-3-2-4-6-15/h2-12,17,19H,13-14H2,1H3,(H,22,23). The van der Waals surface area contributed by atoms with Crippen molar-refractivity contribution in [3.05, 3.63) is 72.3 Å². The lowest BCUT2D eigenvalue weighted by atomic mass is 9.93. The summed E-state index contributed by atoms with van der Waals surface area (Å²) in [6.45, 7) is 0.178. The summed E-state index contributed by atoms with van der Waals surface area (Å²) in [5.41, 5.74) is 3.27. The largest absolute Gasteiger partial charge is 0.497 e. The molecule has 3 unspecified atom stereocenters. The summed E-state index contributed by atoms with van der Waals surface area (Å²) in [4.78, 5) is 16.4. The van der Waals surface area contributed by atoms with E-state index >= 15 is 0 Å². The van der Waals surface area contributed by atoms with E-state index in [1.165, 1.54) is 25.3 Å². The molecule has 0 saturated carbocycles. The third-order valence-corrected chi connectivity index (χ3v) is 7.44. The van der Waals surface area contributed by atoms with E-state index < -0.39 is 32.7 Å². The molecule has 2 aromatic carbocycles. The topological polar surface area (TPSA) is 90.9 Å². The van der Waals surface area contributed by atoms with Gasteiger partial charge in [0.15, 0.2) is 0 Å². The van der Waals surface area contributed by atoms with E-state index in [2.05, 4.69) is 5.48 Å². The molecule has 2 aliphatic rings. The molecule has 29 heavy (non-hydrogen) atoms. The Bertz CT molecular complexity index is 1020. The number of carbonyl (C=O) groups excluding carboxylic acids is 1. The van der Waals surface area contributed by atoms with Gasteiger partial charge in [0.2, 0.25) is 14.8 Å². The Balaban J connectivity index is 1.53. The minimum atomic E-state index is -3.99. The summed E-state index contributed by atoms with van der Waals surface area (Å²) < 4.78 is 37.6. The second-order valence-corrected chi connectivity index (χ2v) is 9.06. The highest BCUT2D eigenvalue weighted by Crippen LogP contribution is 2.49. The zero-order valence-corrected chi connectivity index (χ0v) is 16.6. The van der Waals surface area contributed by atoms with Crippen LogP contribution in [-0.2, 0) is 30.8 Å². The first-order valence-corrected chi connectivity index (χ1v) is 10.7. The van der Waals surface area contributed by atoms with Crippen LogP contribution in [0.2, 0.25) is 0 Å². The highest BCUT2D eigenvalue weighted by Gasteiger charge is 2.62. The lowest BCUT2D eigenvalue weighted by Gasteiger charge is -2.29. The van der Waals surface area contributed by atoms with Crippen LogP contribution in [0.3, 0.4) is 0 Å². The zero-order chi connectivity index (χ0) is 20.5. The number of hydrogen-bond acceptors (Lipinski definition) is 6. The highest BCUT2D eigenvalue weighted by molar-refractivity contribution is 7.93. The van der Waals surface area contributed by atoms with Crippen LogP contribution in [0.25, 0.3) is 0 Å². The molecule has 3 atom stereocenters. The van der Waals surface area contributed by atoms with Crippen molar-refractivity contribution in [2.24, 2.45) is 5.92 Å². The first-order valence-electron chi connectivity index (χ1n) is 9.18. The highest BCUT2D eigenvalue weighted by atomic mass is 32.2. The monoisotopic (exact) mass is 415 g/mol. The van der Waals surface area contributed by atoms with Crippen LogP contribution in [0.15, 0.2) is 71.6 Å². The normalized spacial score (nSPS) is 25.1. The number of nitrogens with one attached hydrogen (secondary N) is 1. The Morgan fingerprint density at radius 1 is 1.17 bits per heavy atom. The Morgan fingerprint density at radius 3 is 2.55 bits per heavy atom. The van der Waals surface area contributed by atoms with E-state index in [0.717, 1.165) is 5.56 Å². The van der Waals surface area contributed by atoms with Crippen molar-refractivity contribution in [1.29, 1.82) is 0 Å². The van der Waals surface area contributed by atoms with Gasteiger partial charge in [0.25, 0.3) is 5.91 Å². The third kappa shape index (κ3) is 3.43. The number of methoxy groups -OCH3 is 1. The summed E-state index contributed by atoms with van der Waals surface area (Å²) in [5.74, 6) is -0.900. The first kappa shape index (κ1) is 19.6. The number of rotatable bonds is 7. The minimum Gasteiger partial charge on any atom is -0.497 e. The number of hydrogen-bond donors (Lipinski definition) is 1. The number of hydroxylamine groups is 1. The lowest BCUT2D eigenvalue weighted by Crippen LogP contribution is -2.48. The van der Waals surface area contributed by atoms with Gasteiger partial charge in [-0.2, -0.15) is 0 Å². The van der Waals surface area contributed by atoms with Crippen molar-refractivity contribution in [2.75, 3.05) is 7.11 Å². The van der Waals surface area contributed by atoms with Crippen molar-refractivity contribution in [3.8, 4) is 5.75 Å². The maximum Gasteiger partial charge on any atom is 0.251 e. The van der Waals surface area contributed by atoms with E-state index in [9.17, 15) is 13.2 Å². The van der Waals surface area contributed by atoms with Gasteiger partial charge in [0, 0.05) is 0 Å². The molecule has 1 N–H and O–H groups in total.